The molecule has 1 saturated heterocycles. The van der Waals surface area contributed by atoms with Crippen molar-refractivity contribution in [2.45, 2.75) is 6.92 Å². The second kappa shape index (κ2) is 9.04. The van der Waals surface area contributed by atoms with Crippen LogP contribution in [-0.4, -0.2) is 74.9 Å². The van der Waals surface area contributed by atoms with Gasteiger partial charge in [-0.15, -0.1) is 0 Å². The van der Waals surface area contributed by atoms with Gasteiger partial charge in [-0.25, -0.2) is 4.79 Å². The molecule has 2 radical (unpaired) electrons. The van der Waals surface area contributed by atoms with Crippen molar-refractivity contribution in [1.29, 1.82) is 0 Å². The topological polar surface area (TPSA) is 129 Å². The zero-order valence-electron chi connectivity index (χ0n) is 16.4. The molecule has 0 aromatic heterocycles. The maximum atomic E-state index is 11.9. The van der Waals surface area contributed by atoms with Crippen LogP contribution in [0.4, 0.5) is 4.79 Å². The Balaban J connectivity index is 2.36. The lowest BCUT2D eigenvalue weighted by molar-refractivity contribution is -0.754. The summed E-state index contributed by atoms with van der Waals surface area (Å²) in [5, 5.41) is 13.7. The smallest absolute Gasteiger partial charge is 0.328 e. The number of carbonyl (C=O) groups is 3. The largest absolute Gasteiger partial charge is 0.493 e. The van der Waals surface area contributed by atoms with Crippen LogP contribution >= 0.6 is 0 Å². The summed E-state index contributed by atoms with van der Waals surface area (Å²) in [6, 6.07) is 2.11. The number of hydrogen-bond acceptors (Lipinski definition) is 7. The summed E-state index contributed by atoms with van der Waals surface area (Å²) < 4.78 is 11.9. The number of benzene rings is 1. The van der Waals surface area contributed by atoms with E-state index in [1.165, 1.54) is 32.4 Å². The number of barbiturate groups is 1. The number of methoxy groups -OCH3 is 1. The Labute approximate surface area is 168 Å². The molecule has 0 spiro atoms. The first-order valence-electron chi connectivity index (χ1n) is 8.38. The summed E-state index contributed by atoms with van der Waals surface area (Å²) in [5.74, 6) is -1.19. The summed E-state index contributed by atoms with van der Waals surface area (Å²) in [6.45, 7) is 1.68. The van der Waals surface area contributed by atoms with Gasteiger partial charge in [-0.2, -0.15) is 0 Å². The van der Waals surface area contributed by atoms with Crippen molar-refractivity contribution in [3.63, 3.8) is 0 Å². The number of ether oxygens (including phenoxy) is 2. The van der Waals surface area contributed by atoms with Gasteiger partial charge in [0.2, 0.25) is 0 Å². The van der Waals surface area contributed by atoms with Gasteiger partial charge in [0.05, 0.1) is 7.11 Å². The number of nitrogens with zero attached hydrogens (tertiary/aromatic N) is 2. The first kappa shape index (κ1) is 21.7. The molecule has 1 aromatic carbocycles. The zero-order valence-corrected chi connectivity index (χ0v) is 16.4. The van der Waals surface area contributed by atoms with E-state index in [9.17, 15) is 19.6 Å². The predicted molar refractivity (Wildman–Crippen MR) is 106 cm³/mol. The lowest BCUT2D eigenvalue weighted by Crippen LogP contribution is -2.51. The Morgan fingerprint density at radius 3 is 2.41 bits per heavy atom. The van der Waals surface area contributed by atoms with Crippen LogP contribution in [0.5, 0.6) is 11.5 Å². The van der Waals surface area contributed by atoms with E-state index in [1.807, 2.05) is 10.6 Å². The average molecular weight is 399 g/mol. The molecule has 29 heavy (non-hydrogen) atoms. The highest BCUT2D eigenvalue weighted by atomic mass is 16.5. The minimum atomic E-state index is -0.884. The number of carbonyl (C=O) groups excluding carboxylic acids is 3. The second-order valence-electron chi connectivity index (χ2n) is 6.00. The molecular formula is C18H20BN4O6+. The summed E-state index contributed by atoms with van der Waals surface area (Å²) in [6.07, 6.45) is 1.27. The third-order valence-corrected chi connectivity index (χ3v) is 4.08. The molecule has 1 fully saturated rings. The van der Waals surface area contributed by atoms with Crippen LogP contribution < -0.4 is 25.6 Å². The Bertz CT molecular complexity index is 941. The van der Waals surface area contributed by atoms with Gasteiger partial charge in [0, 0.05) is 7.05 Å². The molecule has 1 aliphatic heterocycles. The Kier molecular flexibility index (Phi) is 6.76. The van der Waals surface area contributed by atoms with Crippen molar-refractivity contribution in [2.75, 3.05) is 27.8 Å². The van der Waals surface area contributed by atoms with E-state index in [0.29, 0.717) is 17.0 Å². The van der Waals surface area contributed by atoms with Gasteiger partial charge in [0.15, 0.2) is 25.2 Å². The lowest BCUT2D eigenvalue weighted by atomic mass is 9.91. The maximum absolute atomic E-state index is 11.9. The summed E-state index contributed by atoms with van der Waals surface area (Å²) in [4.78, 5) is 38.9. The standard InChI is InChI=1S/C18H19BN4O6/c1-9(20-2)13(23(3)27)8-29-15-12(19)6-10(7-14(15)28-4)5-11-16(24)21-18(26)22-17(11)25/h5-7H,8H2,1-4H3,(H2-,20,21,22,24,25,26,27)/p+1. The van der Waals surface area contributed by atoms with Gasteiger partial charge in [-0.05, 0) is 29.4 Å². The van der Waals surface area contributed by atoms with Crippen LogP contribution in [0.3, 0.4) is 0 Å². The molecule has 0 atom stereocenters. The second-order valence-corrected chi connectivity index (χ2v) is 6.00. The van der Waals surface area contributed by atoms with Gasteiger partial charge in [-0.1, -0.05) is 11.5 Å². The van der Waals surface area contributed by atoms with E-state index >= 15 is 0 Å². The molecule has 11 heteroatoms. The van der Waals surface area contributed by atoms with E-state index in [1.54, 1.807) is 14.0 Å². The molecule has 1 heterocycles. The van der Waals surface area contributed by atoms with Crippen molar-refractivity contribution >= 4 is 48.7 Å². The van der Waals surface area contributed by atoms with Crippen molar-refractivity contribution in [3.05, 3.63) is 23.3 Å². The summed E-state index contributed by atoms with van der Waals surface area (Å²) >= 11 is 0. The zero-order chi connectivity index (χ0) is 21.7. The molecule has 150 valence electrons. The fraction of sp³-hybridized carbons (Fsp3) is 0.278. The number of amides is 4. The molecule has 1 aromatic rings. The van der Waals surface area contributed by atoms with Gasteiger partial charge in [-0.3, -0.25) is 30.4 Å². The molecular weight excluding hydrogens is 379 g/mol. The van der Waals surface area contributed by atoms with Crippen LogP contribution in [0.25, 0.3) is 6.08 Å². The highest BCUT2D eigenvalue weighted by Gasteiger charge is 2.28. The van der Waals surface area contributed by atoms with Crippen LogP contribution in [-0.2, 0) is 9.59 Å². The minimum Gasteiger partial charge on any atom is -0.493 e. The Hall–Kier alpha value is -3.63. The van der Waals surface area contributed by atoms with Gasteiger partial charge >= 0.3 is 6.03 Å². The summed E-state index contributed by atoms with van der Waals surface area (Å²) in [5.41, 5.74) is 1.29. The molecule has 10 nitrogen and oxygen atoms in total. The molecule has 4 amide bonds. The Morgan fingerprint density at radius 2 is 1.90 bits per heavy atom. The van der Waals surface area contributed by atoms with E-state index in [0.717, 1.165) is 4.74 Å². The van der Waals surface area contributed by atoms with Crippen LogP contribution in [0, 0.1) is 0 Å². The van der Waals surface area contributed by atoms with Gasteiger partial charge in [0.25, 0.3) is 17.5 Å². The predicted octanol–water partition coefficient (Wildman–Crippen LogP) is -0.820. The Morgan fingerprint density at radius 1 is 1.28 bits per heavy atom. The monoisotopic (exact) mass is 399 g/mol. The first-order valence-corrected chi connectivity index (χ1v) is 8.38. The molecule has 0 bridgehead atoms. The van der Waals surface area contributed by atoms with Crippen LogP contribution in [0.1, 0.15) is 12.5 Å². The number of nitrogens with one attached hydrogen (secondary N) is 2. The average Bonchev–Trinajstić information content (AvgIpc) is 2.65. The normalized spacial score (nSPS) is 15.4. The third-order valence-electron chi connectivity index (χ3n) is 4.08. The van der Waals surface area contributed by atoms with E-state index in [-0.39, 0.29) is 29.1 Å². The minimum absolute atomic E-state index is 0.0376. The SMILES string of the molecule is [B]c1cc(C=C2C(=O)NC(=O)NC2=O)cc(OC)c1OCC(C(C)=NC)=[N+](C)O. The van der Waals surface area contributed by atoms with Crippen molar-refractivity contribution in [1.82, 2.24) is 10.6 Å². The van der Waals surface area contributed by atoms with Crippen LogP contribution in [0.2, 0.25) is 0 Å². The number of hydrogen-bond donors (Lipinski definition) is 3. The maximum Gasteiger partial charge on any atom is 0.328 e. The number of rotatable bonds is 6. The molecule has 2 rings (SSSR count). The van der Waals surface area contributed by atoms with E-state index < -0.39 is 17.8 Å². The number of imide groups is 2. The summed E-state index contributed by atoms with van der Waals surface area (Å²) in [7, 11) is 10.5. The molecule has 0 unspecified atom stereocenters. The number of urea groups is 1. The molecule has 3 N–H and O–H groups in total. The fourth-order valence-electron chi connectivity index (χ4n) is 2.51. The van der Waals surface area contributed by atoms with Gasteiger partial charge < -0.3 is 9.47 Å². The van der Waals surface area contributed by atoms with Crippen molar-refractivity contribution in [3.8, 4) is 11.5 Å². The van der Waals surface area contributed by atoms with Crippen molar-refractivity contribution in [2.24, 2.45) is 4.99 Å². The van der Waals surface area contributed by atoms with Crippen molar-refractivity contribution < 1.29 is 33.8 Å². The van der Waals surface area contributed by atoms with E-state index in [2.05, 4.69) is 4.99 Å². The molecule has 0 saturated carbocycles. The fourth-order valence-corrected chi connectivity index (χ4v) is 2.51. The quantitative estimate of drug-likeness (QED) is 0.109. The van der Waals surface area contributed by atoms with Crippen LogP contribution in [0.15, 0.2) is 22.7 Å². The lowest BCUT2D eigenvalue weighted by Gasteiger charge is -2.16. The van der Waals surface area contributed by atoms with Gasteiger partial charge in [0.1, 0.15) is 19.1 Å². The van der Waals surface area contributed by atoms with E-state index in [4.69, 9.17) is 17.3 Å². The highest BCUT2D eigenvalue weighted by Crippen LogP contribution is 2.27. The number of aliphatic imine (C=N–C) groups is 1. The first-order chi connectivity index (χ1) is 13.7. The third kappa shape index (κ3) is 5.01. The number of hydroxylamine groups is 1. The highest BCUT2D eigenvalue weighted by molar-refractivity contribution is 6.40. The molecule has 1 aliphatic rings. The molecule has 0 aliphatic carbocycles.